The zero-order valence-corrected chi connectivity index (χ0v) is 9.85. The Kier molecular flexibility index (Phi) is 4.48. The number of hydrogen-bond donors (Lipinski definition) is 1. The molecule has 1 saturated heterocycles. The molecule has 1 aliphatic heterocycles. The van der Waals surface area contributed by atoms with E-state index in [0.29, 0.717) is 25.7 Å². The largest absolute Gasteiger partial charge is 0.481 e. The summed E-state index contributed by atoms with van der Waals surface area (Å²) in [6.45, 7) is 2.47. The van der Waals surface area contributed by atoms with Crippen LogP contribution in [-0.2, 0) is 14.3 Å². The summed E-state index contributed by atoms with van der Waals surface area (Å²) in [5, 5.41) is 9.21. The molecule has 1 unspecified atom stereocenters. The fraction of sp³-hybridized carbons (Fsp3) is 0.727. The highest BCUT2D eigenvalue weighted by molar-refractivity contribution is 5.79. The van der Waals surface area contributed by atoms with Gasteiger partial charge in [0.15, 0.2) is 0 Å². The van der Waals surface area contributed by atoms with Gasteiger partial charge in [-0.05, 0) is 19.8 Å². The molecule has 0 aliphatic carbocycles. The van der Waals surface area contributed by atoms with E-state index in [2.05, 4.69) is 0 Å². The quantitative estimate of drug-likeness (QED) is 0.741. The molecule has 0 spiro atoms. The van der Waals surface area contributed by atoms with Gasteiger partial charge in [-0.2, -0.15) is 0 Å². The van der Waals surface area contributed by atoms with E-state index < -0.39 is 17.5 Å². The minimum Gasteiger partial charge on any atom is -0.481 e. The van der Waals surface area contributed by atoms with E-state index >= 15 is 0 Å². The fourth-order valence-corrected chi connectivity index (χ4v) is 2.09. The molecular weight excluding hydrogens is 226 g/mol. The highest BCUT2D eigenvalue weighted by Gasteiger charge is 2.43. The van der Waals surface area contributed by atoms with Crippen LogP contribution in [0.15, 0.2) is 0 Å². The van der Waals surface area contributed by atoms with Gasteiger partial charge in [0, 0.05) is 19.5 Å². The molecule has 1 heterocycles. The first kappa shape index (κ1) is 13.5. The summed E-state index contributed by atoms with van der Waals surface area (Å²) in [5.74, 6) is -1.03. The summed E-state index contributed by atoms with van der Waals surface area (Å²) in [6, 6.07) is 0. The molecule has 0 radical (unpaired) electrons. The van der Waals surface area contributed by atoms with Crippen molar-refractivity contribution in [2.24, 2.45) is 5.41 Å². The number of amides is 1. The van der Waals surface area contributed by atoms with Crippen molar-refractivity contribution in [3.63, 3.8) is 0 Å². The van der Waals surface area contributed by atoms with Gasteiger partial charge >= 0.3 is 12.1 Å². The molecular formula is C11H17NO5. The van der Waals surface area contributed by atoms with Crippen LogP contribution in [0.2, 0.25) is 0 Å². The molecule has 6 nitrogen and oxygen atoms in total. The van der Waals surface area contributed by atoms with E-state index in [9.17, 15) is 19.5 Å². The van der Waals surface area contributed by atoms with E-state index in [4.69, 9.17) is 4.74 Å². The number of piperidine rings is 1. The fourth-order valence-electron chi connectivity index (χ4n) is 2.09. The average molecular weight is 243 g/mol. The molecule has 0 saturated carbocycles. The van der Waals surface area contributed by atoms with Crippen LogP contribution in [0.5, 0.6) is 0 Å². The summed E-state index contributed by atoms with van der Waals surface area (Å²) in [6.07, 6.45) is 1.00. The first-order chi connectivity index (χ1) is 8.05. The molecule has 1 amide bonds. The van der Waals surface area contributed by atoms with Gasteiger partial charge < -0.3 is 19.5 Å². The van der Waals surface area contributed by atoms with Crippen molar-refractivity contribution < 1.29 is 24.2 Å². The van der Waals surface area contributed by atoms with Gasteiger partial charge in [-0.25, -0.2) is 4.79 Å². The summed E-state index contributed by atoms with van der Waals surface area (Å²) in [5.41, 5.74) is -1.15. The zero-order valence-electron chi connectivity index (χ0n) is 9.85. The highest BCUT2D eigenvalue weighted by atomic mass is 16.6. The number of ether oxygens (including phenoxy) is 1. The number of carbonyl (C=O) groups is 3. The van der Waals surface area contributed by atoms with Crippen LogP contribution in [0.3, 0.4) is 0 Å². The lowest BCUT2D eigenvalue weighted by atomic mass is 9.77. The molecule has 6 heteroatoms. The molecule has 0 aromatic carbocycles. The topological polar surface area (TPSA) is 83.9 Å². The lowest BCUT2D eigenvalue weighted by Crippen LogP contribution is -2.50. The maximum absolute atomic E-state index is 11.5. The average Bonchev–Trinajstić information content (AvgIpc) is 2.30. The number of carboxylic acid groups (broad SMARTS) is 1. The predicted octanol–water partition coefficient (Wildman–Crippen LogP) is 0.899. The Morgan fingerprint density at radius 1 is 1.53 bits per heavy atom. The van der Waals surface area contributed by atoms with Crippen LogP contribution >= 0.6 is 0 Å². The van der Waals surface area contributed by atoms with E-state index in [-0.39, 0.29) is 19.6 Å². The maximum atomic E-state index is 11.5. The molecule has 0 aromatic heterocycles. The molecule has 1 aliphatic rings. The number of aldehydes is 1. The molecule has 1 N–H and O–H groups in total. The zero-order chi connectivity index (χ0) is 12.9. The molecule has 1 rings (SSSR count). The van der Waals surface area contributed by atoms with Gasteiger partial charge in [-0.3, -0.25) is 4.79 Å². The molecule has 96 valence electrons. The Bertz CT molecular complexity index is 317. The Balaban J connectivity index is 2.78. The van der Waals surface area contributed by atoms with E-state index in [1.54, 1.807) is 6.92 Å². The van der Waals surface area contributed by atoms with E-state index in [1.807, 2.05) is 0 Å². The van der Waals surface area contributed by atoms with Crippen LogP contribution in [0, 0.1) is 5.41 Å². The third-order valence-corrected chi connectivity index (χ3v) is 3.03. The van der Waals surface area contributed by atoms with Crippen molar-refractivity contribution in [2.45, 2.75) is 26.2 Å². The van der Waals surface area contributed by atoms with Crippen molar-refractivity contribution in [2.75, 3.05) is 19.7 Å². The van der Waals surface area contributed by atoms with Gasteiger partial charge in [0.05, 0.1) is 12.0 Å². The Hall–Kier alpha value is -1.59. The Morgan fingerprint density at radius 2 is 2.24 bits per heavy atom. The van der Waals surface area contributed by atoms with Crippen LogP contribution in [0.25, 0.3) is 0 Å². The van der Waals surface area contributed by atoms with Gasteiger partial charge in [0.1, 0.15) is 6.29 Å². The minimum absolute atomic E-state index is 0.0416. The van der Waals surface area contributed by atoms with Crippen LogP contribution in [0.1, 0.15) is 26.2 Å². The molecule has 17 heavy (non-hydrogen) atoms. The molecule has 1 fully saturated rings. The van der Waals surface area contributed by atoms with Gasteiger partial charge in [-0.1, -0.05) is 0 Å². The number of carbonyl (C=O) groups excluding carboxylic acids is 2. The monoisotopic (exact) mass is 243 g/mol. The van der Waals surface area contributed by atoms with E-state index in [1.165, 1.54) is 4.90 Å². The van der Waals surface area contributed by atoms with Gasteiger partial charge in [0.25, 0.3) is 0 Å². The van der Waals surface area contributed by atoms with Crippen LogP contribution in [-0.4, -0.2) is 48.1 Å². The summed E-state index contributed by atoms with van der Waals surface area (Å²) in [4.78, 5) is 34.7. The molecule has 1 atom stereocenters. The van der Waals surface area contributed by atoms with Crippen molar-refractivity contribution in [1.82, 2.24) is 4.90 Å². The Labute approximate surface area is 99.5 Å². The van der Waals surface area contributed by atoms with Crippen molar-refractivity contribution >= 4 is 18.3 Å². The second kappa shape index (κ2) is 5.65. The normalized spacial score (nSPS) is 24.2. The number of rotatable bonds is 4. The molecule has 0 bridgehead atoms. The number of aliphatic carboxylic acids is 1. The van der Waals surface area contributed by atoms with Gasteiger partial charge in [-0.15, -0.1) is 0 Å². The number of carboxylic acids is 1. The first-order valence-electron chi connectivity index (χ1n) is 5.64. The minimum atomic E-state index is -1.15. The van der Waals surface area contributed by atoms with Crippen LogP contribution < -0.4 is 0 Å². The first-order valence-corrected chi connectivity index (χ1v) is 5.64. The van der Waals surface area contributed by atoms with Crippen molar-refractivity contribution in [3.05, 3.63) is 0 Å². The number of hydrogen-bond acceptors (Lipinski definition) is 4. The summed E-state index contributed by atoms with van der Waals surface area (Å²) < 4.78 is 4.84. The smallest absolute Gasteiger partial charge is 0.409 e. The highest BCUT2D eigenvalue weighted by Crippen LogP contribution is 2.33. The lowest BCUT2D eigenvalue weighted by Gasteiger charge is -2.38. The molecule has 0 aromatic rings. The number of nitrogens with zero attached hydrogens (tertiary/aromatic N) is 1. The third-order valence-electron chi connectivity index (χ3n) is 3.03. The van der Waals surface area contributed by atoms with E-state index in [0.717, 1.165) is 0 Å². The lowest BCUT2D eigenvalue weighted by molar-refractivity contribution is -0.153. The Morgan fingerprint density at radius 3 is 2.76 bits per heavy atom. The van der Waals surface area contributed by atoms with Crippen molar-refractivity contribution in [1.29, 1.82) is 0 Å². The SMILES string of the molecule is CCOC(=O)N1CCCC(CC=O)(C(=O)O)C1. The second-order valence-electron chi connectivity index (χ2n) is 4.18. The summed E-state index contributed by atoms with van der Waals surface area (Å²) >= 11 is 0. The van der Waals surface area contributed by atoms with Crippen LogP contribution in [0.4, 0.5) is 4.79 Å². The second-order valence-corrected chi connectivity index (χ2v) is 4.18. The van der Waals surface area contributed by atoms with Gasteiger partial charge in [0.2, 0.25) is 0 Å². The standard InChI is InChI=1S/C11H17NO5/c1-2-17-10(16)12-6-3-4-11(8-12,5-7-13)9(14)15/h7H,2-6,8H2,1H3,(H,14,15). The number of likely N-dealkylation sites (tertiary alicyclic amines) is 1. The predicted molar refractivity (Wildman–Crippen MR) is 58.6 cm³/mol. The van der Waals surface area contributed by atoms with Crippen molar-refractivity contribution in [3.8, 4) is 0 Å². The summed E-state index contributed by atoms with van der Waals surface area (Å²) in [7, 11) is 0. The maximum Gasteiger partial charge on any atom is 0.409 e. The third kappa shape index (κ3) is 2.95.